The quantitative estimate of drug-likeness (QED) is 0.648. The third-order valence-electron chi connectivity index (χ3n) is 2.68. The molecule has 1 unspecified atom stereocenters. The fourth-order valence-electron chi connectivity index (χ4n) is 1.60. The first-order valence-corrected chi connectivity index (χ1v) is 7.23. The Labute approximate surface area is 118 Å². The summed E-state index contributed by atoms with van der Waals surface area (Å²) >= 11 is 1.50. The third-order valence-corrected chi connectivity index (χ3v) is 3.41. The molecule has 1 atom stereocenters. The van der Waals surface area contributed by atoms with Crippen LogP contribution in [0.25, 0.3) is 0 Å². The first-order chi connectivity index (χ1) is 9.40. The number of halogens is 2. The minimum absolute atomic E-state index is 0.190. The highest BCUT2D eigenvalue weighted by Gasteiger charge is 2.25. The minimum atomic E-state index is -1.36. The van der Waals surface area contributed by atoms with Crippen LogP contribution >= 0.6 is 11.8 Å². The molecule has 110 valence electrons. The number of nitro groups is 1. The predicted octanol–water partition coefficient (Wildman–Crippen LogP) is 2.74. The maximum atomic E-state index is 13.2. The number of hydrogen-bond acceptors (Lipinski definition) is 4. The van der Waals surface area contributed by atoms with Crippen molar-refractivity contribution in [3.63, 3.8) is 0 Å². The number of carbonyl (C=O) groups is 1. The summed E-state index contributed by atoms with van der Waals surface area (Å²) in [7, 11) is 0. The Bertz CT molecular complexity index is 526. The Morgan fingerprint density at radius 2 is 2.05 bits per heavy atom. The fourth-order valence-corrected chi connectivity index (χ4v) is 2.32. The lowest BCUT2D eigenvalue weighted by atomic mass is 10.1. The van der Waals surface area contributed by atoms with Gasteiger partial charge in [0.2, 0.25) is 0 Å². The highest BCUT2D eigenvalue weighted by Crippen LogP contribution is 2.22. The highest BCUT2D eigenvalue weighted by atomic mass is 32.2. The van der Waals surface area contributed by atoms with Crippen molar-refractivity contribution in [2.75, 3.05) is 12.0 Å². The molecular weight excluding hydrogens is 290 g/mol. The number of carbonyl (C=O) groups excluding carboxylic acids is 1. The second-order valence-electron chi connectivity index (χ2n) is 4.07. The van der Waals surface area contributed by atoms with Gasteiger partial charge >= 0.3 is 0 Å². The molecule has 0 saturated heterocycles. The molecule has 0 aliphatic carbocycles. The van der Waals surface area contributed by atoms with Crippen LogP contribution in [0.1, 0.15) is 23.7 Å². The molecule has 1 N–H and O–H groups in total. The topological polar surface area (TPSA) is 72.2 Å². The van der Waals surface area contributed by atoms with E-state index < -0.39 is 33.7 Å². The average Bonchev–Trinajstić information content (AvgIpc) is 2.40. The van der Waals surface area contributed by atoms with Crippen molar-refractivity contribution < 1.29 is 18.5 Å². The van der Waals surface area contributed by atoms with Crippen LogP contribution in [0.2, 0.25) is 0 Å². The van der Waals surface area contributed by atoms with Crippen molar-refractivity contribution in [1.82, 2.24) is 5.32 Å². The van der Waals surface area contributed by atoms with Crippen molar-refractivity contribution in [3.05, 3.63) is 39.4 Å². The number of rotatable bonds is 6. The van der Waals surface area contributed by atoms with Gasteiger partial charge < -0.3 is 5.32 Å². The Hall–Kier alpha value is -1.70. The average molecular weight is 304 g/mol. The Kier molecular flexibility index (Phi) is 5.87. The van der Waals surface area contributed by atoms with Crippen molar-refractivity contribution >= 4 is 23.4 Å². The summed E-state index contributed by atoms with van der Waals surface area (Å²) in [6.45, 7) is 1.85. The number of amides is 1. The van der Waals surface area contributed by atoms with Gasteiger partial charge in [-0.2, -0.15) is 11.8 Å². The molecule has 0 radical (unpaired) electrons. The summed E-state index contributed by atoms with van der Waals surface area (Å²) in [5, 5.41) is 13.4. The Morgan fingerprint density at radius 3 is 2.55 bits per heavy atom. The zero-order valence-electron chi connectivity index (χ0n) is 11.0. The van der Waals surface area contributed by atoms with Gasteiger partial charge in [-0.3, -0.25) is 14.9 Å². The molecule has 0 spiro atoms. The van der Waals surface area contributed by atoms with E-state index in [0.717, 1.165) is 0 Å². The third kappa shape index (κ3) is 3.89. The van der Waals surface area contributed by atoms with Crippen molar-refractivity contribution in [3.8, 4) is 0 Å². The van der Waals surface area contributed by atoms with Crippen LogP contribution in [0.15, 0.2) is 12.1 Å². The van der Waals surface area contributed by atoms with Gasteiger partial charge in [-0.25, -0.2) is 8.78 Å². The van der Waals surface area contributed by atoms with Crippen LogP contribution in [0.4, 0.5) is 14.5 Å². The molecule has 1 amide bonds. The zero-order valence-corrected chi connectivity index (χ0v) is 11.8. The van der Waals surface area contributed by atoms with Gasteiger partial charge in [-0.15, -0.1) is 0 Å². The van der Waals surface area contributed by atoms with Crippen LogP contribution in [-0.2, 0) is 0 Å². The summed E-state index contributed by atoms with van der Waals surface area (Å²) in [4.78, 5) is 21.9. The molecule has 0 aromatic heterocycles. The Morgan fingerprint density at radius 1 is 1.45 bits per heavy atom. The minimum Gasteiger partial charge on any atom is -0.348 e. The standard InChI is InChI=1S/C12H14F2N2O3S/c1-3-7(6-20-2)15-12(17)8-4-9(13)10(14)5-11(8)16(18)19/h4-5,7H,3,6H2,1-2H3,(H,15,17). The summed E-state index contributed by atoms with van der Waals surface area (Å²) in [6.07, 6.45) is 2.49. The maximum absolute atomic E-state index is 13.2. The van der Waals surface area contributed by atoms with Crippen LogP contribution in [-0.4, -0.2) is 28.9 Å². The SMILES string of the molecule is CCC(CSC)NC(=O)c1cc(F)c(F)cc1[N+](=O)[O-]. The van der Waals surface area contributed by atoms with Gasteiger partial charge in [0, 0.05) is 11.8 Å². The van der Waals surface area contributed by atoms with Gasteiger partial charge in [0.25, 0.3) is 11.6 Å². The van der Waals surface area contributed by atoms with Gasteiger partial charge in [-0.05, 0) is 18.7 Å². The van der Waals surface area contributed by atoms with Gasteiger partial charge in [-0.1, -0.05) is 6.92 Å². The molecule has 0 bridgehead atoms. The number of benzene rings is 1. The van der Waals surface area contributed by atoms with E-state index in [9.17, 15) is 23.7 Å². The number of nitro benzene ring substituents is 1. The van der Waals surface area contributed by atoms with Crippen LogP contribution in [0.5, 0.6) is 0 Å². The molecule has 5 nitrogen and oxygen atoms in total. The molecule has 1 rings (SSSR count). The van der Waals surface area contributed by atoms with E-state index in [0.29, 0.717) is 24.3 Å². The molecular formula is C12H14F2N2O3S. The van der Waals surface area contributed by atoms with Crippen molar-refractivity contribution in [2.45, 2.75) is 19.4 Å². The van der Waals surface area contributed by atoms with Gasteiger partial charge in [0.1, 0.15) is 5.56 Å². The summed E-state index contributed by atoms with van der Waals surface area (Å²) in [6, 6.07) is 0.777. The molecule has 8 heteroatoms. The molecule has 0 fully saturated rings. The molecule has 1 aromatic carbocycles. The van der Waals surface area contributed by atoms with E-state index >= 15 is 0 Å². The van der Waals surface area contributed by atoms with Crippen LogP contribution < -0.4 is 5.32 Å². The van der Waals surface area contributed by atoms with E-state index in [-0.39, 0.29) is 6.04 Å². The lowest BCUT2D eigenvalue weighted by molar-refractivity contribution is -0.385. The smallest absolute Gasteiger partial charge is 0.285 e. The normalized spacial score (nSPS) is 12.0. The predicted molar refractivity (Wildman–Crippen MR) is 72.9 cm³/mol. The monoisotopic (exact) mass is 304 g/mol. The van der Waals surface area contributed by atoms with Crippen molar-refractivity contribution in [1.29, 1.82) is 0 Å². The summed E-state index contributed by atoms with van der Waals surface area (Å²) in [5.74, 6) is -2.81. The Balaban J connectivity index is 3.08. The first-order valence-electron chi connectivity index (χ1n) is 5.83. The highest BCUT2D eigenvalue weighted by molar-refractivity contribution is 7.98. The molecule has 1 aromatic rings. The van der Waals surface area contributed by atoms with Crippen LogP contribution in [0, 0.1) is 21.7 Å². The molecule has 20 heavy (non-hydrogen) atoms. The number of thioether (sulfide) groups is 1. The van der Waals surface area contributed by atoms with Gasteiger partial charge in [0.05, 0.1) is 11.0 Å². The molecule has 0 aliphatic rings. The second-order valence-corrected chi connectivity index (χ2v) is 4.99. The maximum Gasteiger partial charge on any atom is 0.285 e. The first kappa shape index (κ1) is 16.4. The van der Waals surface area contributed by atoms with E-state index in [1.165, 1.54) is 11.8 Å². The summed E-state index contributed by atoms with van der Waals surface area (Å²) in [5.41, 5.74) is -1.23. The zero-order chi connectivity index (χ0) is 15.3. The van der Waals surface area contributed by atoms with Gasteiger partial charge in [0.15, 0.2) is 11.6 Å². The molecule has 0 saturated carbocycles. The fraction of sp³-hybridized carbons (Fsp3) is 0.417. The van der Waals surface area contributed by atoms with Crippen LogP contribution in [0.3, 0.4) is 0 Å². The largest absolute Gasteiger partial charge is 0.348 e. The van der Waals surface area contributed by atoms with E-state index in [1.807, 2.05) is 13.2 Å². The second kappa shape index (κ2) is 7.18. The van der Waals surface area contributed by atoms with E-state index in [4.69, 9.17) is 0 Å². The molecule has 0 aliphatic heterocycles. The number of nitrogens with zero attached hydrogens (tertiary/aromatic N) is 1. The molecule has 0 heterocycles. The lowest BCUT2D eigenvalue weighted by Gasteiger charge is -2.15. The van der Waals surface area contributed by atoms with Crippen molar-refractivity contribution in [2.24, 2.45) is 0 Å². The number of nitrogens with one attached hydrogen (secondary N) is 1. The lowest BCUT2D eigenvalue weighted by Crippen LogP contribution is -2.36. The summed E-state index contributed by atoms with van der Waals surface area (Å²) < 4.78 is 26.2. The van der Waals surface area contributed by atoms with E-state index in [1.54, 1.807) is 0 Å². The van der Waals surface area contributed by atoms with E-state index in [2.05, 4.69) is 5.32 Å². The number of hydrogen-bond donors (Lipinski definition) is 1.